The Labute approximate surface area is 139 Å². The molecular weight excluding hydrogens is 337 g/mol. The Morgan fingerprint density at radius 3 is 1.44 bits per heavy atom. The summed E-state index contributed by atoms with van der Waals surface area (Å²) in [6, 6.07) is 0. The molecule has 0 heterocycles. The molecule has 0 aromatic heterocycles. The van der Waals surface area contributed by atoms with Gasteiger partial charge in [-0.1, -0.05) is 64.0 Å². The maximum absolute atomic E-state index is 5.31. The minimum Gasteiger partial charge on any atom is -0.107 e. The maximum atomic E-state index is 5.31. The molecule has 0 saturated heterocycles. The van der Waals surface area contributed by atoms with E-state index in [1.54, 1.807) is 45.1 Å². The SMILES string of the molecule is CCCCCSC(=S)SSC(=S)SCCCCC. The molecule has 0 amide bonds. The second-order valence-electron chi connectivity index (χ2n) is 3.78. The van der Waals surface area contributed by atoms with E-state index < -0.39 is 0 Å². The van der Waals surface area contributed by atoms with E-state index in [0.29, 0.717) is 0 Å². The number of unbranched alkanes of at least 4 members (excludes halogenated alkanes) is 4. The van der Waals surface area contributed by atoms with Crippen molar-refractivity contribution in [2.24, 2.45) is 0 Å². The lowest BCUT2D eigenvalue weighted by molar-refractivity contribution is 0.779. The molecule has 0 saturated carbocycles. The summed E-state index contributed by atoms with van der Waals surface area (Å²) in [7, 11) is 3.31. The van der Waals surface area contributed by atoms with Gasteiger partial charge in [0.05, 0.1) is 0 Å². The number of rotatable bonds is 8. The van der Waals surface area contributed by atoms with Gasteiger partial charge in [0.2, 0.25) is 0 Å². The first-order valence-electron chi connectivity index (χ1n) is 6.38. The number of thiocarbonyl (C=S) groups is 2. The predicted molar refractivity (Wildman–Crippen MR) is 104 cm³/mol. The highest BCUT2D eigenvalue weighted by Gasteiger charge is 2.04. The van der Waals surface area contributed by atoms with Crippen molar-refractivity contribution in [1.29, 1.82) is 0 Å². The third-order valence-electron chi connectivity index (χ3n) is 2.11. The van der Waals surface area contributed by atoms with Crippen LogP contribution in [0.1, 0.15) is 52.4 Å². The van der Waals surface area contributed by atoms with Crippen molar-refractivity contribution in [2.75, 3.05) is 11.5 Å². The van der Waals surface area contributed by atoms with Gasteiger partial charge in [0.15, 0.2) is 0 Å². The first-order valence-corrected chi connectivity index (χ1v) is 11.3. The van der Waals surface area contributed by atoms with E-state index in [9.17, 15) is 0 Å². The Bertz CT molecular complexity index is 205. The molecule has 0 radical (unpaired) electrons. The molecule has 0 N–H and O–H groups in total. The van der Waals surface area contributed by atoms with Crippen LogP contribution in [-0.4, -0.2) is 18.6 Å². The van der Waals surface area contributed by atoms with Crippen LogP contribution in [0.15, 0.2) is 0 Å². The van der Waals surface area contributed by atoms with Gasteiger partial charge in [-0.05, 0) is 45.9 Å². The highest BCUT2D eigenvalue weighted by Crippen LogP contribution is 2.34. The molecule has 6 heteroatoms. The van der Waals surface area contributed by atoms with Crippen molar-refractivity contribution in [1.82, 2.24) is 0 Å². The fraction of sp³-hybridized carbons (Fsp3) is 0.833. The van der Waals surface area contributed by atoms with E-state index in [0.717, 1.165) is 18.6 Å². The lowest BCUT2D eigenvalue weighted by Gasteiger charge is -2.04. The van der Waals surface area contributed by atoms with E-state index in [1.165, 1.54) is 38.5 Å². The van der Waals surface area contributed by atoms with Crippen LogP contribution in [0.25, 0.3) is 0 Å². The predicted octanol–water partition coefficient (Wildman–Crippen LogP) is 6.78. The quantitative estimate of drug-likeness (QED) is 0.264. The van der Waals surface area contributed by atoms with Gasteiger partial charge in [-0.25, -0.2) is 0 Å². The Morgan fingerprint density at radius 1 is 0.722 bits per heavy atom. The summed E-state index contributed by atoms with van der Waals surface area (Å²) >= 11 is 14.2. The molecule has 0 bridgehead atoms. The summed E-state index contributed by atoms with van der Waals surface area (Å²) < 4.78 is 2.04. The summed E-state index contributed by atoms with van der Waals surface area (Å²) in [5.74, 6) is 2.30. The molecular formula is C12H22S6. The van der Waals surface area contributed by atoms with Crippen LogP contribution in [0.2, 0.25) is 0 Å². The monoisotopic (exact) mass is 358 g/mol. The van der Waals surface area contributed by atoms with Gasteiger partial charge in [-0.2, -0.15) is 0 Å². The molecule has 0 spiro atoms. The van der Waals surface area contributed by atoms with Crippen LogP contribution >= 0.6 is 69.5 Å². The zero-order chi connectivity index (χ0) is 13.6. The van der Waals surface area contributed by atoms with Gasteiger partial charge in [0.25, 0.3) is 0 Å². The summed E-state index contributed by atoms with van der Waals surface area (Å²) in [4.78, 5) is 0. The topological polar surface area (TPSA) is 0 Å². The van der Waals surface area contributed by atoms with Crippen LogP contribution in [0.4, 0.5) is 0 Å². The van der Waals surface area contributed by atoms with E-state index >= 15 is 0 Å². The minimum absolute atomic E-state index is 1.02. The first-order chi connectivity index (χ1) is 8.70. The lowest BCUT2D eigenvalue weighted by atomic mass is 10.3. The van der Waals surface area contributed by atoms with Crippen LogP contribution < -0.4 is 0 Å². The second-order valence-corrected chi connectivity index (χ2v) is 10.5. The lowest BCUT2D eigenvalue weighted by Crippen LogP contribution is -1.87. The highest BCUT2D eigenvalue weighted by atomic mass is 33.1. The Balaban J connectivity index is 3.39. The molecule has 0 unspecified atom stereocenters. The average molecular weight is 359 g/mol. The van der Waals surface area contributed by atoms with E-state index in [-0.39, 0.29) is 0 Å². The average Bonchev–Trinajstić information content (AvgIpc) is 2.37. The fourth-order valence-electron chi connectivity index (χ4n) is 1.13. The zero-order valence-corrected chi connectivity index (χ0v) is 16.0. The zero-order valence-electron chi connectivity index (χ0n) is 11.1. The van der Waals surface area contributed by atoms with Crippen molar-refractivity contribution in [3.63, 3.8) is 0 Å². The molecule has 0 nitrogen and oxygen atoms in total. The molecule has 0 aromatic carbocycles. The molecule has 0 aliphatic rings. The van der Waals surface area contributed by atoms with Gasteiger partial charge in [-0.3, -0.25) is 0 Å². The van der Waals surface area contributed by atoms with Gasteiger partial charge in [-0.15, -0.1) is 23.5 Å². The van der Waals surface area contributed by atoms with Crippen molar-refractivity contribution in [3.05, 3.63) is 0 Å². The van der Waals surface area contributed by atoms with E-state index in [2.05, 4.69) is 13.8 Å². The molecule has 0 atom stereocenters. The van der Waals surface area contributed by atoms with Crippen LogP contribution in [0.5, 0.6) is 0 Å². The normalized spacial score (nSPS) is 10.6. The van der Waals surface area contributed by atoms with E-state index in [4.69, 9.17) is 24.4 Å². The first kappa shape index (κ1) is 19.6. The smallest absolute Gasteiger partial charge is 0.107 e. The van der Waals surface area contributed by atoms with Gasteiger partial charge in [0, 0.05) is 0 Å². The molecule has 0 fully saturated rings. The molecule has 106 valence electrons. The van der Waals surface area contributed by atoms with Gasteiger partial charge < -0.3 is 0 Å². The summed E-state index contributed by atoms with van der Waals surface area (Å²) in [6.45, 7) is 4.45. The third-order valence-corrected chi connectivity index (χ3v) is 8.86. The molecule has 0 aromatic rings. The van der Waals surface area contributed by atoms with Crippen molar-refractivity contribution < 1.29 is 0 Å². The number of thioether (sulfide) groups is 2. The fourth-order valence-corrected chi connectivity index (χ4v) is 6.18. The maximum Gasteiger partial charge on any atom is 0.115 e. The largest absolute Gasteiger partial charge is 0.115 e. The van der Waals surface area contributed by atoms with Gasteiger partial charge in [0.1, 0.15) is 7.06 Å². The summed E-state index contributed by atoms with van der Waals surface area (Å²) in [6.07, 6.45) is 7.69. The number of hydrogen-bond donors (Lipinski definition) is 0. The van der Waals surface area contributed by atoms with Crippen LogP contribution in [0.3, 0.4) is 0 Å². The second kappa shape index (κ2) is 15.0. The molecule has 0 aliphatic carbocycles. The molecule has 18 heavy (non-hydrogen) atoms. The highest BCUT2D eigenvalue weighted by molar-refractivity contribution is 8.96. The standard InChI is InChI=1S/C12H22S6/c1-3-5-7-9-15-11(13)17-18-12(14)16-10-8-6-4-2/h3-10H2,1-2H3. The Hall–Kier alpha value is 1.58. The van der Waals surface area contributed by atoms with Crippen LogP contribution in [0, 0.1) is 0 Å². The Kier molecular flexibility index (Phi) is 16.3. The summed E-state index contributed by atoms with van der Waals surface area (Å²) in [5.41, 5.74) is 0. The molecule has 0 rings (SSSR count). The van der Waals surface area contributed by atoms with Crippen molar-refractivity contribution in [2.45, 2.75) is 52.4 Å². The third kappa shape index (κ3) is 14.0. The van der Waals surface area contributed by atoms with E-state index in [1.807, 2.05) is 0 Å². The molecule has 0 aliphatic heterocycles. The van der Waals surface area contributed by atoms with Gasteiger partial charge >= 0.3 is 0 Å². The Morgan fingerprint density at radius 2 is 1.11 bits per heavy atom. The number of hydrogen-bond acceptors (Lipinski definition) is 6. The summed E-state index contributed by atoms with van der Waals surface area (Å²) in [5, 5.41) is 0. The minimum atomic E-state index is 1.02. The van der Waals surface area contributed by atoms with Crippen molar-refractivity contribution in [3.8, 4) is 0 Å². The van der Waals surface area contributed by atoms with Crippen LogP contribution in [-0.2, 0) is 0 Å². The van der Waals surface area contributed by atoms with Crippen molar-refractivity contribution >= 4 is 76.6 Å².